The number of ether oxygens (including phenoxy) is 1. The Hall–Kier alpha value is -3.65. The monoisotopic (exact) mass is 465 g/mol. The molecule has 1 aromatic carbocycles. The van der Waals surface area contributed by atoms with Gasteiger partial charge in [0.25, 0.3) is 5.56 Å². The summed E-state index contributed by atoms with van der Waals surface area (Å²) in [6.07, 6.45) is -1.68. The third-order valence-corrected chi connectivity index (χ3v) is 4.68. The Bertz CT molecular complexity index is 1230. The van der Waals surface area contributed by atoms with Crippen LogP contribution in [0.3, 0.4) is 0 Å². The van der Waals surface area contributed by atoms with Crippen molar-refractivity contribution in [3.05, 3.63) is 62.8 Å². The van der Waals surface area contributed by atoms with E-state index in [0.29, 0.717) is 6.33 Å². The summed E-state index contributed by atoms with van der Waals surface area (Å²) in [6, 6.07) is 5.29. The number of aromatic nitrogens is 2. The molecule has 1 aliphatic rings. The molecule has 0 atom stereocenters. The quantitative estimate of drug-likeness (QED) is 0.477. The maximum atomic E-state index is 13.4. The van der Waals surface area contributed by atoms with Gasteiger partial charge in [-0.15, -0.1) is 0 Å². The minimum atomic E-state index is -5.01. The molecule has 3 rings (SSSR count). The lowest BCUT2D eigenvalue weighted by atomic mass is 10.1. The zero-order valence-corrected chi connectivity index (χ0v) is 17.0. The van der Waals surface area contributed by atoms with Crippen molar-refractivity contribution in [3.8, 4) is 17.6 Å². The van der Waals surface area contributed by atoms with Gasteiger partial charge < -0.3 is 15.9 Å². The summed E-state index contributed by atoms with van der Waals surface area (Å²) < 4.78 is 46.2. The first-order valence-corrected chi connectivity index (χ1v) is 9.51. The van der Waals surface area contributed by atoms with Crippen LogP contribution in [0.15, 0.2) is 41.0 Å². The normalized spacial score (nSPS) is 14.0. The second kappa shape index (κ2) is 8.84. The molecule has 0 radical (unpaired) electrons. The third-order valence-electron chi connectivity index (χ3n) is 4.46. The average molecular weight is 466 g/mol. The largest absolute Gasteiger partial charge is 0.449 e. The minimum absolute atomic E-state index is 0.0104. The zero-order chi connectivity index (χ0) is 23.6. The van der Waals surface area contributed by atoms with Crippen LogP contribution in [0.2, 0.25) is 5.02 Å². The number of allylic oxidation sites excluding steroid dienone is 1. The Labute approximate surface area is 184 Å². The van der Waals surface area contributed by atoms with Crippen molar-refractivity contribution in [2.75, 3.05) is 0 Å². The summed E-state index contributed by atoms with van der Waals surface area (Å²) in [4.78, 5) is 27.6. The van der Waals surface area contributed by atoms with Crippen molar-refractivity contribution >= 4 is 23.2 Å². The van der Waals surface area contributed by atoms with Crippen molar-refractivity contribution in [2.45, 2.75) is 25.6 Å². The van der Waals surface area contributed by atoms with Crippen LogP contribution in [-0.4, -0.2) is 21.2 Å². The molecule has 8 nitrogen and oxygen atoms in total. The van der Waals surface area contributed by atoms with Crippen molar-refractivity contribution in [3.63, 3.8) is 0 Å². The molecule has 1 heterocycles. The lowest BCUT2D eigenvalue weighted by Gasteiger charge is -2.15. The van der Waals surface area contributed by atoms with Gasteiger partial charge in [-0.2, -0.15) is 18.4 Å². The summed E-state index contributed by atoms with van der Waals surface area (Å²) in [6.45, 7) is -0.469. The van der Waals surface area contributed by atoms with E-state index in [0.717, 1.165) is 29.5 Å². The number of nitrogens with zero attached hydrogens (tertiary/aromatic N) is 3. The average Bonchev–Trinajstić information content (AvgIpc) is 3.52. The van der Waals surface area contributed by atoms with Gasteiger partial charge in [-0.05, 0) is 43.0 Å². The molecule has 0 bridgehead atoms. The van der Waals surface area contributed by atoms with Gasteiger partial charge in [-0.25, -0.2) is 4.98 Å². The molecule has 1 amide bonds. The van der Waals surface area contributed by atoms with E-state index in [9.17, 15) is 22.8 Å². The van der Waals surface area contributed by atoms with E-state index in [4.69, 9.17) is 32.7 Å². The van der Waals surface area contributed by atoms with Gasteiger partial charge in [0.1, 0.15) is 5.75 Å². The molecule has 1 saturated carbocycles. The summed E-state index contributed by atoms with van der Waals surface area (Å²) in [7, 11) is 0. The molecule has 12 heteroatoms. The molecule has 0 unspecified atom stereocenters. The Morgan fingerprint density at radius 1 is 1.41 bits per heavy atom. The fourth-order valence-corrected chi connectivity index (χ4v) is 3.11. The predicted octanol–water partition coefficient (Wildman–Crippen LogP) is 3.42. The lowest BCUT2D eigenvalue weighted by molar-refractivity contribution is -0.142. The predicted molar refractivity (Wildman–Crippen MR) is 107 cm³/mol. The zero-order valence-electron chi connectivity index (χ0n) is 16.2. The fraction of sp³-hybridized carbons (Fsp3) is 0.250. The molecule has 3 N–H and O–H groups in total. The molecule has 1 aliphatic carbocycles. The van der Waals surface area contributed by atoms with Gasteiger partial charge in [-0.1, -0.05) is 11.6 Å². The van der Waals surface area contributed by atoms with Crippen LogP contribution >= 0.6 is 11.6 Å². The lowest BCUT2D eigenvalue weighted by Crippen LogP contribution is -2.28. The Kier molecular flexibility index (Phi) is 6.36. The van der Waals surface area contributed by atoms with E-state index in [-0.39, 0.29) is 33.5 Å². The number of amides is 1. The number of alkyl halides is 3. The SMILES string of the molecule is N#Cc1cc(Cl)cc(Oc2c(C(F)(F)F)ncn(CC(=N)/C=C(\C(N)=O)C3CC3)c2=O)c1. The van der Waals surface area contributed by atoms with Gasteiger partial charge in [0.15, 0.2) is 5.69 Å². The number of primary amides is 1. The number of nitrogens with two attached hydrogens (primary N) is 1. The van der Waals surface area contributed by atoms with Crippen LogP contribution in [0.25, 0.3) is 0 Å². The summed E-state index contributed by atoms with van der Waals surface area (Å²) >= 11 is 5.84. The van der Waals surface area contributed by atoms with E-state index in [1.807, 2.05) is 0 Å². The summed E-state index contributed by atoms with van der Waals surface area (Å²) in [5, 5.41) is 17.0. The molecular weight excluding hydrogens is 451 g/mol. The number of nitrogens with one attached hydrogen (secondary N) is 1. The first-order chi connectivity index (χ1) is 15.0. The number of hydrogen-bond donors (Lipinski definition) is 2. The van der Waals surface area contributed by atoms with Gasteiger partial charge in [-0.3, -0.25) is 14.2 Å². The third kappa shape index (κ3) is 5.33. The first-order valence-electron chi connectivity index (χ1n) is 9.13. The Balaban J connectivity index is 2.00. The first kappa shape index (κ1) is 23.0. The van der Waals surface area contributed by atoms with Crippen LogP contribution in [0, 0.1) is 22.7 Å². The highest BCUT2D eigenvalue weighted by Gasteiger charge is 2.39. The Morgan fingerprint density at radius 2 is 2.09 bits per heavy atom. The molecule has 2 aromatic rings. The smallest absolute Gasteiger partial charge is 0.437 e. The van der Waals surface area contributed by atoms with Crippen LogP contribution in [-0.2, 0) is 17.5 Å². The number of hydrogen-bond acceptors (Lipinski definition) is 6. The highest BCUT2D eigenvalue weighted by molar-refractivity contribution is 6.30. The number of rotatable bonds is 7. The molecule has 1 fully saturated rings. The number of nitriles is 1. The van der Waals surface area contributed by atoms with E-state index in [1.54, 1.807) is 6.07 Å². The molecule has 0 saturated heterocycles. The van der Waals surface area contributed by atoms with Gasteiger partial charge >= 0.3 is 6.18 Å². The van der Waals surface area contributed by atoms with Crippen LogP contribution < -0.4 is 16.0 Å². The van der Waals surface area contributed by atoms with E-state index in [2.05, 4.69) is 4.98 Å². The van der Waals surface area contributed by atoms with Crippen LogP contribution in [0.4, 0.5) is 13.2 Å². The van der Waals surface area contributed by atoms with Crippen LogP contribution in [0.1, 0.15) is 24.1 Å². The van der Waals surface area contributed by atoms with Gasteiger partial charge in [0.05, 0.1) is 30.2 Å². The maximum Gasteiger partial charge on any atom is 0.437 e. The number of halogens is 4. The summed E-state index contributed by atoms with van der Waals surface area (Å²) in [5.41, 5.74) is 2.52. The van der Waals surface area contributed by atoms with Gasteiger partial charge in [0.2, 0.25) is 11.7 Å². The minimum Gasteiger partial charge on any atom is -0.449 e. The molecule has 166 valence electrons. The molecular formula is C20H15ClF3N5O3. The van der Waals surface area contributed by atoms with E-state index < -0.39 is 35.6 Å². The van der Waals surface area contributed by atoms with Crippen molar-refractivity contribution in [1.29, 1.82) is 10.7 Å². The van der Waals surface area contributed by atoms with Crippen molar-refractivity contribution in [2.24, 2.45) is 11.7 Å². The highest BCUT2D eigenvalue weighted by Crippen LogP contribution is 2.37. The molecule has 0 aliphatic heterocycles. The highest BCUT2D eigenvalue weighted by atomic mass is 35.5. The molecule has 1 aromatic heterocycles. The second-order valence-electron chi connectivity index (χ2n) is 7.01. The second-order valence-corrected chi connectivity index (χ2v) is 7.44. The fourth-order valence-electron chi connectivity index (χ4n) is 2.88. The van der Waals surface area contributed by atoms with Crippen molar-refractivity contribution in [1.82, 2.24) is 9.55 Å². The standard InChI is InChI=1S/C20H15ClF3N5O3/c21-12-3-10(7-25)4-14(5-12)32-16-17(20(22,23)24)28-9-29(19(16)31)8-13(26)6-15(18(27)30)11-1-2-11/h3-6,9,11,26H,1-2,8H2,(H2,27,30)/b15-6-,26-13?. The number of carbonyl (C=O) groups is 1. The van der Waals surface area contributed by atoms with E-state index in [1.165, 1.54) is 12.1 Å². The Morgan fingerprint density at radius 3 is 2.66 bits per heavy atom. The van der Waals surface area contributed by atoms with E-state index >= 15 is 0 Å². The number of benzene rings is 1. The summed E-state index contributed by atoms with van der Waals surface area (Å²) in [5.74, 6) is -2.17. The van der Waals surface area contributed by atoms with Crippen LogP contribution in [0.5, 0.6) is 11.5 Å². The molecule has 0 spiro atoms. The maximum absolute atomic E-state index is 13.4. The topological polar surface area (TPSA) is 135 Å². The molecule has 32 heavy (non-hydrogen) atoms. The number of carbonyl (C=O) groups excluding carboxylic acids is 1. The van der Waals surface area contributed by atoms with Crippen molar-refractivity contribution < 1.29 is 22.7 Å². The van der Waals surface area contributed by atoms with Gasteiger partial charge in [0, 0.05) is 10.6 Å².